The number of fused-ring (bicyclic) bond motifs is 1. The summed E-state index contributed by atoms with van der Waals surface area (Å²) in [4.78, 5) is 14.7. The summed E-state index contributed by atoms with van der Waals surface area (Å²) in [5.41, 5.74) is -1.07. The molecule has 1 saturated heterocycles. The second-order valence-electron chi connectivity index (χ2n) is 10.1. The molecule has 0 N–H and O–H groups in total. The molecule has 2 aromatic carbocycles. The molecule has 1 fully saturated rings. The fourth-order valence-corrected chi connectivity index (χ4v) is 5.48. The normalized spacial score (nSPS) is 22.3. The van der Waals surface area contributed by atoms with E-state index in [1.165, 1.54) is 25.1 Å². The van der Waals surface area contributed by atoms with Crippen molar-refractivity contribution in [1.29, 1.82) is 0 Å². The van der Waals surface area contributed by atoms with Crippen LogP contribution in [-0.2, 0) is 28.9 Å². The minimum Gasteiger partial charge on any atom is -0.368 e. The van der Waals surface area contributed by atoms with Crippen LogP contribution in [0, 0.1) is 5.82 Å². The SMILES string of the molecule is C[C@@H](O[C@H]1CN2C(=O)C=C(c3cnn(C)c3)C[C@H]2[C@@H]1c1ccc(F)cc1)c1cc(C(F)(F)F)cc(C(F)(F)F)c1. The van der Waals surface area contributed by atoms with Crippen LogP contribution in [0.25, 0.3) is 5.57 Å². The van der Waals surface area contributed by atoms with Gasteiger partial charge >= 0.3 is 12.4 Å². The highest BCUT2D eigenvalue weighted by Crippen LogP contribution is 2.45. The lowest BCUT2D eigenvalue weighted by molar-refractivity contribution is -0.143. The number of amides is 1. The number of ether oxygens (including phenoxy) is 1. The topological polar surface area (TPSA) is 47.4 Å². The minimum absolute atomic E-state index is 0.0534. The van der Waals surface area contributed by atoms with Gasteiger partial charge in [0.1, 0.15) is 5.82 Å². The maximum atomic E-state index is 13.8. The lowest BCUT2D eigenvalue weighted by Crippen LogP contribution is -2.39. The van der Waals surface area contributed by atoms with E-state index in [1.54, 1.807) is 41.2 Å². The fourth-order valence-electron chi connectivity index (χ4n) is 5.48. The van der Waals surface area contributed by atoms with Gasteiger partial charge < -0.3 is 9.64 Å². The molecule has 4 atom stereocenters. The molecule has 1 amide bonds. The van der Waals surface area contributed by atoms with Crippen molar-refractivity contribution in [2.75, 3.05) is 6.54 Å². The van der Waals surface area contributed by atoms with Crippen molar-refractivity contribution in [1.82, 2.24) is 14.7 Å². The molecule has 0 bridgehead atoms. The molecule has 0 aliphatic carbocycles. The molecule has 2 aliphatic rings. The molecule has 40 heavy (non-hydrogen) atoms. The lowest BCUT2D eigenvalue weighted by atomic mass is 9.84. The molecule has 12 heteroatoms. The van der Waals surface area contributed by atoms with Crippen molar-refractivity contribution in [2.24, 2.45) is 7.05 Å². The summed E-state index contributed by atoms with van der Waals surface area (Å²) in [5.74, 6) is -1.32. The zero-order valence-corrected chi connectivity index (χ0v) is 21.3. The third-order valence-electron chi connectivity index (χ3n) is 7.39. The predicted molar refractivity (Wildman–Crippen MR) is 130 cm³/mol. The van der Waals surface area contributed by atoms with Crippen LogP contribution in [0.3, 0.4) is 0 Å². The Bertz CT molecular complexity index is 1410. The standard InChI is InChI=1S/C28H24F7N3O2/c1-15(17-7-20(27(30,31)32)11-21(8-17)28(33,34)35)40-24-14-38-23(26(24)16-3-5-22(29)6-4-16)9-18(10-25(38)39)19-12-36-37(2)13-19/h3-8,10-13,15,23-24,26H,9,14H2,1-2H3/t15-,23+,24+,26+/m1/s1. The van der Waals surface area contributed by atoms with Gasteiger partial charge in [-0.05, 0) is 60.4 Å². The first-order valence-electron chi connectivity index (χ1n) is 12.4. The van der Waals surface area contributed by atoms with Crippen LogP contribution in [0.5, 0.6) is 0 Å². The van der Waals surface area contributed by atoms with Crippen LogP contribution in [0.15, 0.2) is 60.9 Å². The number of halogens is 7. The van der Waals surface area contributed by atoms with Crippen LogP contribution < -0.4 is 0 Å². The zero-order valence-electron chi connectivity index (χ0n) is 21.3. The Hall–Kier alpha value is -3.67. The number of carbonyl (C=O) groups is 1. The number of aryl methyl sites for hydroxylation is 1. The molecule has 212 valence electrons. The van der Waals surface area contributed by atoms with Crippen molar-refractivity contribution in [3.8, 4) is 0 Å². The first-order chi connectivity index (χ1) is 18.7. The highest BCUT2D eigenvalue weighted by Gasteiger charge is 2.48. The molecular formula is C28H24F7N3O2. The van der Waals surface area contributed by atoms with Crippen molar-refractivity contribution < 1.29 is 40.3 Å². The number of hydrogen-bond acceptors (Lipinski definition) is 3. The Labute approximate surface area is 224 Å². The van der Waals surface area contributed by atoms with Gasteiger partial charge in [-0.1, -0.05) is 12.1 Å². The number of rotatable bonds is 5. The van der Waals surface area contributed by atoms with E-state index in [9.17, 15) is 35.5 Å². The molecule has 3 heterocycles. The summed E-state index contributed by atoms with van der Waals surface area (Å²) in [5, 5.41) is 4.15. The molecule has 1 aromatic heterocycles. The Morgan fingerprint density at radius 3 is 2.17 bits per heavy atom. The number of benzene rings is 2. The molecule has 2 aliphatic heterocycles. The van der Waals surface area contributed by atoms with E-state index in [4.69, 9.17) is 4.74 Å². The Balaban J connectivity index is 1.49. The van der Waals surface area contributed by atoms with Gasteiger partial charge in [-0.2, -0.15) is 31.4 Å². The summed E-state index contributed by atoms with van der Waals surface area (Å²) < 4.78 is 102. The number of nitrogens with zero attached hydrogens (tertiary/aromatic N) is 3. The van der Waals surface area contributed by atoms with E-state index in [-0.39, 0.29) is 24.1 Å². The molecule has 0 radical (unpaired) electrons. The van der Waals surface area contributed by atoms with E-state index in [2.05, 4.69) is 5.10 Å². The smallest absolute Gasteiger partial charge is 0.368 e. The van der Waals surface area contributed by atoms with Gasteiger partial charge in [-0.15, -0.1) is 0 Å². The number of carbonyl (C=O) groups excluding carboxylic acids is 1. The molecule has 3 aromatic rings. The summed E-state index contributed by atoms with van der Waals surface area (Å²) in [6, 6.07) is 6.50. The Morgan fingerprint density at radius 2 is 1.62 bits per heavy atom. The molecule has 5 rings (SSSR count). The van der Waals surface area contributed by atoms with Crippen molar-refractivity contribution >= 4 is 11.5 Å². The third kappa shape index (κ3) is 5.49. The van der Waals surface area contributed by atoms with Crippen molar-refractivity contribution in [2.45, 2.75) is 49.9 Å². The zero-order chi connectivity index (χ0) is 29.0. The first kappa shape index (κ1) is 27.9. The third-order valence-corrected chi connectivity index (χ3v) is 7.39. The van der Waals surface area contributed by atoms with E-state index >= 15 is 0 Å². The summed E-state index contributed by atoms with van der Waals surface area (Å²) in [6.45, 7) is 1.42. The lowest BCUT2D eigenvalue weighted by Gasteiger charge is -2.32. The molecule has 0 spiro atoms. The number of aromatic nitrogens is 2. The molecule has 5 nitrogen and oxygen atoms in total. The molecule has 0 saturated carbocycles. The van der Waals surface area contributed by atoms with Gasteiger partial charge in [0, 0.05) is 43.4 Å². The van der Waals surface area contributed by atoms with Crippen LogP contribution in [0.2, 0.25) is 0 Å². The fraction of sp³-hybridized carbons (Fsp3) is 0.357. The highest BCUT2D eigenvalue weighted by molar-refractivity contribution is 5.97. The van der Waals surface area contributed by atoms with Crippen LogP contribution in [0.4, 0.5) is 30.7 Å². The van der Waals surface area contributed by atoms with E-state index in [0.29, 0.717) is 24.1 Å². The van der Waals surface area contributed by atoms with Gasteiger partial charge in [-0.25, -0.2) is 4.39 Å². The Kier molecular flexibility index (Phi) is 7.01. The van der Waals surface area contributed by atoms with E-state index < -0.39 is 53.5 Å². The van der Waals surface area contributed by atoms with Crippen molar-refractivity contribution in [3.05, 3.63) is 94.6 Å². The Morgan fingerprint density at radius 1 is 1.00 bits per heavy atom. The van der Waals surface area contributed by atoms with E-state index in [1.807, 2.05) is 0 Å². The van der Waals surface area contributed by atoms with Crippen LogP contribution in [-0.4, -0.2) is 39.3 Å². The largest absolute Gasteiger partial charge is 0.416 e. The van der Waals surface area contributed by atoms with E-state index in [0.717, 1.165) is 11.1 Å². The van der Waals surface area contributed by atoms with Gasteiger partial charge in [0.05, 0.1) is 29.5 Å². The van der Waals surface area contributed by atoms with Crippen molar-refractivity contribution in [3.63, 3.8) is 0 Å². The summed E-state index contributed by atoms with van der Waals surface area (Å²) in [6.07, 6.45) is -6.70. The quantitative estimate of drug-likeness (QED) is 0.330. The van der Waals surface area contributed by atoms with Crippen LogP contribution in [0.1, 0.15) is 53.2 Å². The first-order valence-corrected chi connectivity index (χ1v) is 12.4. The summed E-state index contributed by atoms with van der Waals surface area (Å²) in [7, 11) is 1.74. The van der Waals surface area contributed by atoms with Gasteiger partial charge in [-0.3, -0.25) is 9.48 Å². The minimum atomic E-state index is -5.00. The van der Waals surface area contributed by atoms with Gasteiger partial charge in [0.2, 0.25) is 5.91 Å². The van der Waals surface area contributed by atoms with Gasteiger partial charge in [0.25, 0.3) is 0 Å². The second kappa shape index (κ2) is 10.1. The average Bonchev–Trinajstić information content (AvgIpc) is 3.47. The number of hydrogen-bond donors (Lipinski definition) is 0. The van der Waals surface area contributed by atoms with Gasteiger partial charge in [0.15, 0.2) is 0 Å². The molecular weight excluding hydrogens is 543 g/mol. The average molecular weight is 568 g/mol. The maximum Gasteiger partial charge on any atom is 0.416 e. The second-order valence-corrected chi connectivity index (χ2v) is 10.1. The maximum absolute atomic E-state index is 13.8. The van der Waals surface area contributed by atoms with Crippen LogP contribution >= 0.6 is 0 Å². The monoisotopic (exact) mass is 567 g/mol. The predicted octanol–water partition coefficient (Wildman–Crippen LogP) is 6.52. The number of alkyl halides is 6. The highest BCUT2D eigenvalue weighted by atomic mass is 19.4. The summed E-state index contributed by atoms with van der Waals surface area (Å²) >= 11 is 0. The molecule has 0 unspecified atom stereocenters.